The lowest BCUT2D eigenvalue weighted by Crippen LogP contribution is -1.86. The number of nitrogens with zero attached hydrogens (tertiary/aromatic N) is 2. The molecule has 6 heteroatoms. The Hall–Kier alpha value is -1.76. The molecule has 2 aromatic heterocycles. The van der Waals surface area contributed by atoms with Crippen molar-refractivity contribution in [3.8, 4) is 12.1 Å². The fourth-order valence-corrected chi connectivity index (χ4v) is 3.44. The van der Waals surface area contributed by atoms with Crippen LogP contribution in [0.25, 0.3) is 9.40 Å². The highest BCUT2D eigenvalue weighted by Gasteiger charge is 2.18. The van der Waals surface area contributed by atoms with Crippen LogP contribution in [0.1, 0.15) is 11.1 Å². The number of rotatable bonds is 0. The van der Waals surface area contributed by atoms with E-state index in [1.807, 2.05) is 12.1 Å². The van der Waals surface area contributed by atoms with Gasteiger partial charge >= 0.3 is 0 Å². The van der Waals surface area contributed by atoms with E-state index in [4.69, 9.17) is 22.0 Å². The third kappa shape index (κ3) is 0.956. The average Bonchev–Trinajstić information content (AvgIpc) is 2.58. The van der Waals surface area contributed by atoms with E-state index in [-0.39, 0.29) is 0 Å². The molecule has 2 rings (SSSR count). The van der Waals surface area contributed by atoms with E-state index in [2.05, 4.69) is 0 Å². The summed E-state index contributed by atoms with van der Waals surface area (Å²) < 4.78 is 0.841. The lowest BCUT2D eigenvalue weighted by Gasteiger charge is -1.87. The topological polar surface area (TPSA) is 99.6 Å². The van der Waals surface area contributed by atoms with Crippen molar-refractivity contribution in [3.05, 3.63) is 11.1 Å². The molecule has 0 aliphatic heterocycles. The normalized spacial score (nSPS) is 9.86. The number of hydrogen-bond donors (Lipinski definition) is 2. The van der Waals surface area contributed by atoms with Crippen molar-refractivity contribution in [2.45, 2.75) is 0 Å². The smallest absolute Gasteiger partial charge is 0.106 e. The zero-order valence-electron chi connectivity index (χ0n) is 6.87. The third-order valence-electron chi connectivity index (χ3n) is 1.83. The van der Waals surface area contributed by atoms with Gasteiger partial charge in [-0.15, -0.1) is 22.7 Å². The molecule has 0 aliphatic rings. The van der Waals surface area contributed by atoms with Crippen molar-refractivity contribution >= 4 is 42.1 Å². The standard InChI is InChI=1S/C8H4N4S2/c9-1-3-5-4(2-10)7(12)14-8(5)13-6(3)11/h11-12H2. The van der Waals surface area contributed by atoms with Crippen LogP contribution in [0.2, 0.25) is 0 Å². The molecule has 68 valence electrons. The zero-order valence-corrected chi connectivity index (χ0v) is 8.50. The van der Waals surface area contributed by atoms with Gasteiger partial charge in [0.05, 0.1) is 15.1 Å². The number of thiophene rings is 2. The highest BCUT2D eigenvalue weighted by Crippen LogP contribution is 2.43. The Balaban J connectivity index is 3.00. The number of nitrogen functional groups attached to an aromatic ring is 2. The number of anilines is 2. The van der Waals surface area contributed by atoms with Crippen LogP contribution in [0.4, 0.5) is 10.0 Å². The minimum Gasteiger partial charge on any atom is -0.389 e. The first-order chi connectivity index (χ1) is 6.69. The maximum atomic E-state index is 8.87. The molecule has 2 aromatic rings. The molecule has 0 unspecified atom stereocenters. The predicted molar refractivity (Wildman–Crippen MR) is 58.0 cm³/mol. The van der Waals surface area contributed by atoms with Crippen LogP contribution in [0, 0.1) is 22.7 Å². The molecule has 0 aliphatic carbocycles. The van der Waals surface area contributed by atoms with Gasteiger partial charge in [-0.2, -0.15) is 10.5 Å². The molecule has 14 heavy (non-hydrogen) atoms. The van der Waals surface area contributed by atoms with Crippen LogP contribution in [0.5, 0.6) is 0 Å². The molecule has 4 N–H and O–H groups in total. The second-order valence-corrected chi connectivity index (χ2v) is 4.93. The summed E-state index contributed by atoms with van der Waals surface area (Å²) in [6, 6.07) is 3.98. The molecule has 0 aromatic carbocycles. The van der Waals surface area contributed by atoms with Gasteiger partial charge in [0.2, 0.25) is 0 Å². The van der Waals surface area contributed by atoms with E-state index < -0.39 is 0 Å². The molecule has 0 spiro atoms. The van der Waals surface area contributed by atoms with E-state index in [0.717, 1.165) is 4.01 Å². The number of hydrogen-bond acceptors (Lipinski definition) is 6. The summed E-state index contributed by atoms with van der Waals surface area (Å²) in [4.78, 5) is 0. The van der Waals surface area contributed by atoms with Crippen molar-refractivity contribution < 1.29 is 0 Å². The van der Waals surface area contributed by atoms with Gasteiger partial charge in [0.15, 0.2) is 0 Å². The molecular formula is C8H4N4S2. The number of nitriles is 2. The Bertz CT molecular complexity index is 544. The summed E-state index contributed by atoms with van der Waals surface area (Å²) in [6.07, 6.45) is 0. The highest BCUT2D eigenvalue weighted by molar-refractivity contribution is 7.41. The van der Waals surface area contributed by atoms with E-state index in [1.54, 1.807) is 0 Å². The Kier molecular flexibility index (Phi) is 1.81. The van der Waals surface area contributed by atoms with Gasteiger partial charge in [-0.25, -0.2) is 0 Å². The van der Waals surface area contributed by atoms with E-state index in [1.165, 1.54) is 22.7 Å². The van der Waals surface area contributed by atoms with Crippen molar-refractivity contribution in [3.63, 3.8) is 0 Å². The number of nitrogens with two attached hydrogens (primary N) is 2. The molecule has 4 nitrogen and oxygen atoms in total. The first kappa shape index (κ1) is 8.82. The monoisotopic (exact) mass is 220 g/mol. The van der Waals surface area contributed by atoms with Crippen LogP contribution in [0.15, 0.2) is 0 Å². The minimum atomic E-state index is 0.370. The molecule has 0 saturated carbocycles. The Morgan fingerprint density at radius 3 is 1.71 bits per heavy atom. The van der Waals surface area contributed by atoms with E-state index in [9.17, 15) is 0 Å². The summed E-state index contributed by atoms with van der Waals surface area (Å²) in [5, 5.41) is 19.2. The second kappa shape index (κ2) is 2.88. The van der Waals surface area contributed by atoms with Crippen LogP contribution in [0.3, 0.4) is 0 Å². The number of fused-ring (bicyclic) bond motifs is 1. The molecular weight excluding hydrogens is 216 g/mol. The zero-order chi connectivity index (χ0) is 10.3. The first-order valence-corrected chi connectivity index (χ1v) is 5.22. The Morgan fingerprint density at radius 2 is 1.36 bits per heavy atom. The van der Waals surface area contributed by atoms with Crippen molar-refractivity contribution in [2.75, 3.05) is 11.5 Å². The van der Waals surface area contributed by atoms with Gasteiger partial charge < -0.3 is 11.5 Å². The Labute approximate surface area is 87.6 Å². The van der Waals surface area contributed by atoms with Gasteiger partial charge in [-0.05, 0) is 0 Å². The largest absolute Gasteiger partial charge is 0.389 e. The lowest BCUT2D eigenvalue weighted by molar-refractivity contribution is 1.50. The maximum Gasteiger partial charge on any atom is 0.106 e. The van der Waals surface area contributed by atoms with Crippen LogP contribution >= 0.6 is 22.7 Å². The molecule has 0 saturated heterocycles. The fraction of sp³-hybridized carbons (Fsp3) is 0. The van der Waals surface area contributed by atoms with E-state index in [0.29, 0.717) is 26.5 Å². The summed E-state index contributed by atoms with van der Waals surface area (Å²) >= 11 is 2.59. The van der Waals surface area contributed by atoms with Crippen LogP contribution in [-0.2, 0) is 0 Å². The Morgan fingerprint density at radius 1 is 0.929 bits per heavy atom. The summed E-state index contributed by atoms with van der Waals surface area (Å²) in [5.74, 6) is 0. The summed E-state index contributed by atoms with van der Waals surface area (Å²) in [5.41, 5.74) is 12.0. The highest BCUT2D eigenvalue weighted by atomic mass is 32.2. The van der Waals surface area contributed by atoms with Gasteiger partial charge in [0, 0.05) is 5.39 Å². The van der Waals surface area contributed by atoms with Gasteiger partial charge in [0.1, 0.15) is 22.1 Å². The third-order valence-corrected chi connectivity index (χ3v) is 3.95. The van der Waals surface area contributed by atoms with E-state index >= 15 is 0 Å². The van der Waals surface area contributed by atoms with Crippen LogP contribution < -0.4 is 11.5 Å². The minimum absolute atomic E-state index is 0.370. The predicted octanol–water partition coefficient (Wildman–Crippen LogP) is 1.87. The van der Waals surface area contributed by atoms with Crippen molar-refractivity contribution in [2.24, 2.45) is 0 Å². The molecule has 0 bridgehead atoms. The van der Waals surface area contributed by atoms with Gasteiger partial charge in [-0.3, -0.25) is 0 Å². The first-order valence-electron chi connectivity index (χ1n) is 3.59. The summed E-state index contributed by atoms with van der Waals surface area (Å²) in [7, 11) is 0. The maximum absolute atomic E-state index is 8.87. The average molecular weight is 220 g/mol. The lowest BCUT2D eigenvalue weighted by atomic mass is 10.1. The van der Waals surface area contributed by atoms with Crippen molar-refractivity contribution in [1.82, 2.24) is 0 Å². The SMILES string of the molecule is N#Cc1c(N)sc2sc(N)c(C#N)c12. The van der Waals surface area contributed by atoms with Gasteiger partial charge in [0.25, 0.3) is 0 Å². The van der Waals surface area contributed by atoms with Crippen molar-refractivity contribution in [1.29, 1.82) is 10.5 Å². The second-order valence-electron chi connectivity index (χ2n) is 2.57. The fourth-order valence-electron chi connectivity index (χ4n) is 1.22. The molecule has 0 radical (unpaired) electrons. The van der Waals surface area contributed by atoms with Gasteiger partial charge in [-0.1, -0.05) is 0 Å². The molecule has 0 amide bonds. The molecule has 2 heterocycles. The van der Waals surface area contributed by atoms with Crippen LogP contribution in [-0.4, -0.2) is 0 Å². The summed E-state index contributed by atoms with van der Waals surface area (Å²) in [6.45, 7) is 0. The molecule has 0 fully saturated rings. The molecule has 0 atom stereocenters. The quantitative estimate of drug-likeness (QED) is 0.707.